The lowest BCUT2D eigenvalue weighted by Crippen LogP contribution is -2.43. The van der Waals surface area contributed by atoms with E-state index in [2.05, 4.69) is 0 Å². The van der Waals surface area contributed by atoms with Crippen molar-refractivity contribution in [3.05, 3.63) is 0 Å². The maximum atomic E-state index is 10.6. The Morgan fingerprint density at radius 3 is 2.45 bits per heavy atom. The number of ether oxygens (including phenoxy) is 1. The summed E-state index contributed by atoms with van der Waals surface area (Å²) in [5, 5.41) is 8.75. The van der Waals surface area contributed by atoms with Gasteiger partial charge in [0.25, 0.3) is 0 Å². The van der Waals surface area contributed by atoms with E-state index in [1.54, 1.807) is 0 Å². The number of rotatable bonds is 1. The molecule has 2 fully saturated rings. The molecule has 0 saturated carbocycles. The molecule has 62 valence electrons. The highest BCUT2D eigenvalue weighted by molar-refractivity contribution is 5.72. The van der Waals surface area contributed by atoms with Gasteiger partial charge in [0.2, 0.25) is 0 Å². The molecule has 0 amide bonds. The van der Waals surface area contributed by atoms with Crippen molar-refractivity contribution in [3.63, 3.8) is 0 Å². The van der Waals surface area contributed by atoms with Crippen molar-refractivity contribution in [2.75, 3.05) is 0 Å². The highest BCUT2D eigenvalue weighted by atomic mass is 16.5. The van der Waals surface area contributed by atoms with Crippen molar-refractivity contribution in [3.8, 4) is 0 Å². The number of hydrogen-bond donors (Lipinski definition) is 2. The molecule has 2 saturated heterocycles. The lowest BCUT2D eigenvalue weighted by molar-refractivity contribution is -0.143. The molecule has 2 heterocycles. The first-order valence-electron chi connectivity index (χ1n) is 3.84. The number of carbonyl (C=O) groups is 1. The van der Waals surface area contributed by atoms with Gasteiger partial charge in [-0.1, -0.05) is 0 Å². The van der Waals surface area contributed by atoms with Crippen LogP contribution >= 0.6 is 0 Å². The summed E-state index contributed by atoms with van der Waals surface area (Å²) in [7, 11) is 0. The van der Waals surface area contributed by atoms with Crippen molar-refractivity contribution in [1.82, 2.24) is 0 Å². The molecular weight excluding hydrogens is 146 g/mol. The third-order valence-electron chi connectivity index (χ3n) is 2.61. The van der Waals surface area contributed by atoms with Crippen LogP contribution in [0.25, 0.3) is 0 Å². The smallest absolute Gasteiger partial charge is 0.310 e. The highest BCUT2D eigenvalue weighted by Gasteiger charge is 2.50. The van der Waals surface area contributed by atoms with Gasteiger partial charge in [0, 0.05) is 6.04 Å². The first kappa shape index (κ1) is 7.06. The third kappa shape index (κ3) is 0.862. The largest absolute Gasteiger partial charge is 0.481 e. The Balaban J connectivity index is 2.17. The number of carboxylic acid groups (broad SMARTS) is 1. The van der Waals surface area contributed by atoms with Crippen LogP contribution in [0.4, 0.5) is 0 Å². The van der Waals surface area contributed by atoms with Crippen molar-refractivity contribution in [2.24, 2.45) is 11.7 Å². The molecule has 3 N–H and O–H groups in total. The van der Waals surface area contributed by atoms with Crippen molar-refractivity contribution < 1.29 is 14.6 Å². The minimum Gasteiger partial charge on any atom is -0.481 e. The second kappa shape index (κ2) is 2.19. The van der Waals surface area contributed by atoms with Crippen LogP contribution in [0.15, 0.2) is 0 Å². The molecule has 4 atom stereocenters. The van der Waals surface area contributed by atoms with Crippen LogP contribution in [-0.2, 0) is 9.53 Å². The van der Waals surface area contributed by atoms with Gasteiger partial charge in [-0.05, 0) is 12.8 Å². The molecular formula is C7H11NO3. The van der Waals surface area contributed by atoms with Gasteiger partial charge in [0.1, 0.15) is 5.92 Å². The lowest BCUT2D eigenvalue weighted by Gasteiger charge is -2.20. The van der Waals surface area contributed by atoms with Crippen LogP contribution in [0.5, 0.6) is 0 Å². The maximum Gasteiger partial charge on any atom is 0.310 e. The monoisotopic (exact) mass is 157 g/mol. The van der Waals surface area contributed by atoms with Crippen LogP contribution in [-0.4, -0.2) is 29.3 Å². The minimum absolute atomic E-state index is 0.00102. The van der Waals surface area contributed by atoms with Crippen LogP contribution in [0.2, 0.25) is 0 Å². The summed E-state index contributed by atoms with van der Waals surface area (Å²) in [6.45, 7) is 0. The van der Waals surface area contributed by atoms with Crippen molar-refractivity contribution in [1.29, 1.82) is 0 Å². The number of carboxylic acids is 1. The lowest BCUT2D eigenvalue weighted by atomic mass is 9.85. The molecule has 0 aromatic rings. The third-order valence-corrected chi connectivity index (χ3v) is 2.61. The molecule has 0 spiro atoms. The molecule has 0 aliphatic carbocycles. The van der Waals surface area contributed by atoms with E-state index in [-0.39, 0.29) is 18.2 Å². The summed E-state index contributed by atoms with van der Waals surface area (Å²) < 4.78 is 5.35. The van der Waals surface area contributed by atoms with Gasteiger partial charge in [-0.15, -0.1) is 0 Å². The Bertz CT molecular complexity index is 192. The fraction of sp³-hybridized carbons (Fsp3) is 0.857. The van der Waals surface area contributed by atoms with E-state index in [0.29, 0.717) is 0 Å². The van der Waals surface area contributed by atoms with E-state index in [0.717, 1.165) is 12.8 Å². The Morgan fingerprint density at radius 1 is 1.45 bits per heavy atom. The molecule has 4 nitrogen and oxygen atoms in total. The van der Waals surface area contributed by atoms with Gasteiger partial charge in [0.05, 0.1) is 12.2 Å². The van der Waals surface area contributed by atoms with E-state index >= 15 is 0 Å². The zero-order chi connectivity index (χ0) is 8.01. The van der Waals surface area contributed by atoms with E-state index in [1.807, 2.05) is 0 Å². The van der Waals surface area contributed by atoms with E-state index in [1.165, 1.54) is 0 Å². The second-order valence-electron chi connectivity index (χ2n) is 3.23. The van der Waals surface area contributed by atoms with Gasteiger partial charge in [-0.2, -0.15) is 0 Å². The maximum absolute atomic E-state index is 10.6. The number of hydrogen-bond acceptors (Lipinski definition) is 3. The minimum atomic E-state index is -0.815. The predicted molar refractivity (Wildman–Crippen MR) is 37.0 cm³/mol. The zero-order valence-electron chi connectivity index (χ0n) is 6.06. The Kier molecular flexibility index (Phi) is 1.40. The predicted octanol–water partition coefficient (Wildman–Crippen LogP) is -0.424. The number of nitrogens with two attached hydrogens (primary N) is 1. The first-order chi connectivity index (χ1) is 5.20. The quantitative estimate of drug-likeness (QED) is 0.542. The van der Waals surface area contributed by atoms with Gasteiger partial charge in [0.15, 0.2) is 0 Å². The second-order valence-corrected chi connectivity index (χ2v) is 3.23. The summed E-state index contributed by atoms with van der Waals surface area (Å²) in [6, 6.07) is -0.286. The molecule has 4 heteroatoms. The molecule has 0 radical (unpaired) electrons. The number of aliphatic carboxylic acids is 1. The van der Waals surface area contributed by atoms with Crippen molar-refractivity contribution >= 4 is 5.97 Å². The first-order valence-corrected chi connectivity index (χ1v) is 3.84. The summed E-state index contributed by atoms with van der Waals surface area (Å²) in [5.41, 5.74) is 5.66. The standard InChI is InChI=1S/C7H11NO3/c8-6-4-2-1-3(11-4)5(6)7(9)10/h3-6H,1-2,8H2,(H,9,10)/t3-,4+,5+,6-/m1/s1. The van der Waals surface area contributed by atoms with E-state index in [4.69, 9.17) is 15.6 Å². The summed E-state index contributed by atoms with van der Waals surface area (Å²) in [6.07, 6.45) is 1.67. The molecule has 2 bridgehead atoms. The molecule has 0 unspecified atom stereocenters. The van der Waals surface area contributed by atoms with E-state index < -0.39 is 11.9 Å². The number of fused-ring (bicyclic) bond motifs is 2. The van der Waals surface area contributed by atoms with Crippen LogP contribution < -0.4 is 5.73 Å². The average molecular weight is 157 g/mol. The van der Waals surface area contributed by atoms with Crippen LogP contribution in [0.1, 0.15) is 12.8 Å². The van der Waals surface area contributed by atoms with Gasteiger partial charge < -0.3 is 15.6 Å². The summed E-state index contributed by atoms with van der Waals surface area (Å²) >= 11 is 0. The van der Waals surface area contributed by atoms with Crippen molar-refractivity contribution in [2.45, 2.75) is 31.1 Å². The SMILES string of the molecule is N[C@H]1[C@@H](C(=O)O)[C@H]2CC[C@@H]1O2. The topological polar surface area (TPSA) is 72.6 Å². The fourth-order valence-electron chi connectivity index (χ4n) is 2.04. The Labute approximate surface area is 64.3 Å². The molecule has 0 aromatic carbocycles. The molecule has 11 heavy (non-hydrogen) atoms. The Hall–Kier alpha value is -0.610. The highest BCUT2D eigenvalue weighted by Crippen LogP contribution is 2.37. The molecule has 2 rings (SSSR count). The van der Waals surface area contributed by atoms with Gasteiger partial charge >= 0.3 is 5.97 Å². The fourth-order valence-corrected chi connectivity index (χ4v) is 2.04. The van der Waals surface area contributed by atoms with Gasteiger partial charge in [-0.3, -0.25) is 4.79 Å². The van der Waals surface area contributed by atoms with Gasteiger partial charge in [-0.25, -0.2) is 0 Å². The van der Waals surface area contributed by atoms with E-state index in [9.17, 15) is 4.79 Å². The average Bonchev–Trinajstić information content (AvgIpc) is 2.44. The molecule has 2 aliphatic rings. The molecule has 2 aliphatic heterocycles. The zero-order valence-corrected chi connectivity index (χ0v) is 6.06. The van der Waals surface area contributed by atoms with Crippen LogP contribution in [0, 0.1) is 5.92 Å². The molecule has 0 aromatic heterocycles. The normalized spacial score (nSPS) is 48.1. The summed E-state index contributed by atoms with van der Waals surface area (Å²) in [4.78, 5) is 10.6. The van der Waals surface area contributed by atoms with Crippen LogP contribution in [0.3, 0.4) is 0 Å². The Morgan fingerprint density at radius 2 is 2.09 bits per heavy atom. The summed E-state index contributed by atoms with van der Waals surface area (Å²) in [5.74, 6) is -1.28.